The Morgan fingerprint density at radius 2 is 0.880 bits per heavy atom. The molecule has 6 aromatic carbocycles. The lowest BCUT2D eigenvalue weighted by molar-refractivity contribution is -0.309. The first-order chi connectivity index (χ1) is 24.8. The van der Waals surface area contributed by atoms with Crippen molar-refractivity contribution in [1.29, 1.82) is 0 Å². The second-order valence-corrected chi connectivity index (χ2v) is 12.4. The average molecular weight is 667 g/mol. The standard InChI is InChI=1S/C44H42O6/c1-5-16-33(17-6-1)28-45-32-40-41(46-29-34-18-7-2-8-19-34)42(47-30-35-20-9-3-10-21-35)43(48-31-36-22-11-4-12-23-36)44(50-40)49-39-27-15-25-37-24-13-14-26-38(37)39/h1-27,40-44H,28-32H2/t40?,41-,42?,43?,44+/m0/s1. The van der Waals surface area contributed by atoms with E-state index in [0.717, 1.165) is 33.0 Å². The van der Waals surface area contributed by atoms with Gasteiger partial charge in [-0.1, -0.05) is 158 Å². The van der Waals surface area contributed by atoms with Gasteiger partial charge in [-0.2, -0.15) is 0 Å². The highest BCUT2D eigenvalue weighted by Gasteiger charge is 2.50. The van der Waals surface area contributed by atoms with E-state index < -0.39 is 30.7 Å². The van der Waals surface area contributed by atoms with Gasteiger partial charge < -0.3 is 28.4 Å². The van der Waals surface area contributed by atoms with Gasteiger partial charge >= 0.3 is 0 Å². The molecule has 6 heteroatoms. The summed E-state index contributed by atoms with van der Waals surface area (Å²) in [6, 6.07) is 54.8. The molecule has 0 aliphatic carbocycles. The number of hydrogen-bond acceptors (Lipinski definition) is 6. The van der Waals surface area contributed by atoms with E-state index >= 15 is 0 Å². The summed E-state index contributed by atoms with van der Waals surface area (Å²) in [6.07, 6.45) is -3.11. The fourth-order valence-electron chi connectivity index (χ4n) is 6.27. The van der Waals surface area contributed by atoms with Gasteiger partial charge in [0.25, 0.3) is 0 Å². The predicted octanol–water partition coefficient (Wildman–Crippen LogP) is 8.92. The molecule has 6 aromatic rings. The van der Waals surface area contributed by atoms with Crippen LogP contribution in [0.4, 0.5) is 0 Å². The Bertz CT molecular complexity index is 1860. The van der Waals surface area contributed by atoms with Crippen LogP contribution in [-0.2, 0) is 50.1 Å². The van der Waals surface area contributed by atoms with Gasteiger partial charge in [-0.25, -0.2) is 0 Å². The van der Waals surface area contributed by atoms with Crippen LogP contribution in [0.25, 0.3) is 10.8 Å². The first-order valence-corrected chi connectivity index (χ1v) is 17.2. The summed E-state index contributed by atoms with van der Waals surface area (Å²) >= 11 is 0. The molecule has 6 nitrogen and oxygen atoms in total. The van der Waals surface area contributed by atoms with Crippen molar-refractivity contribution < 1.29 is 28.4 Å². The van der Waals surface area contributed by atoms with E-state index in [4.69, 9.17) is 28.4 Å². The molecule has 1 aliphatic heterocycles. The smallest absolute Gasteiger partial charge is 0.229 e. The van der Waals surface area contributed by atoms with E-state index in [1.165, 1.54) is 0 Å². The third-order valence-corrected chi connectivity index (χ3v) is 8.83. The molecule has 0 spiro atoms. The quantitative estimate of drug-likeness (QED) is 0.109. The van der Waals surface area contributed by atoms with Gasteiger partial charge in [-0.15, -0.1) is 0 Å². The summed E-state index contributed by atoms with van der Waals surface area (Å²) in [5.74, 6) is 0.704. The molecule has 1 heterocycles. The van der Waals surface area contributed by atoms with Crippen molar-refractivity contribution in [2.75, 3.05) is 6.61 Å². The van der Waals surface area contributed by atoms with Crippen molar-refractivity contribution in [1.82, 2.24) is 0 Å². The molecule has 0 saturated carbocycles. The molecule has 254 valence electrons. The van der Waals surface area contributed by atoms with Crippen LogP contribution in [0.2, 0.25) is 0 Å². The maximum absolute atomic E-state index is 6.88. The first kappa shape index (κ1) is 33.7. The van der Waals surface area contributed by atoms with Crippen molar-refractivity contribution in [3.05, 3.63) is 186 Å². The zero-order chi connectivity index (χ0) is 33.8. The van der Waals surface area contributed by atoms with Crippen LogP contribution in [0.3, 0.4) is 0 Å². The topological polar surface area (TPSA) is 55.4 Å². The lowest BCUT2D eigenvalue weighted by Crippen LogP contribution is -2.62. The van der Waals surface area contributed by atoms with Gasteiger partial charge in [-0.05, 0) is 33.7 Å². The monoisotopic (exact) mass is 666 g/mol. The Morgan fingerprint density at radius 3 is 1.46 bits per heavy atom. The highest BCUT2D eigenvalue weighted by atomic mass is 16.7. The summed E-state index contributed by atoms with van der Waals surface area (Å²) < 4.78 is 40.4. The third-order valence-electron chi connectivity index (χ3n) is 8.83. The van der Waals surface area contributed by atoms with Crippen molar-refractivity contribution in [3.63, 3.8) is 0 Å². The van der Waals surface area contributed by atoms with Gasteiger partial charge in [-0.3, -0.25) is 0 Å². The predicted molar refractivity (Wildman–Crippen MR) is 194 cm³/mol. The van der Waals surface area contributed by atoms with Crippen molar-refractivity contribution >= 4 is 10.8 Å². The maximum atomic E-state index is 6.88. The first-order valence-electron chi connectivity index (χ1n) is 17.2. The van der Waals surface area contributed by atoms with Gasteiger partial charge in [0.15, 0.2) is 0 Å². The zero-order valence-electron chi connectivity index (χ0n) is 28.0. The number of fused-ring (bicyclic) bond motifs is 1. The zero-order valence-corrected chi connectivity index (χ0v) is 28.0. The summed E-state index contributed by atoms with van der Waals surface area (Å²) in [6.45, 7) is 1.77. The number of ether oxygens (including phenoxy) is 6. The minimum atomic E-state index is -0.827. The van der Waals surface area contributed by atoms with Crippen molar-refractivity contribution in [2.45, 2.75) is 57.1 Å². The Hall–Kier alpha value is -4.82. The number of benzene rings is 6. The summed E-state index contributed by atoms with van der Waals surface area (Å²) in [5.41, 5.74) is 4.21. The number of hydrogen-bond donors (Lipinski definition) is 0. The Labute approximate surface area is 294 Å². The molecule has 0 amide bonds. The summed E-state index contributed by atoms with van der Waals surface area (Å²) in [7, 11) is 0. The molecular formula is C44H42O6. The minimum Gasteiger partial charge on any atom is -0.461 e. The lowest BCUT2D eigenvalue weighted by Gasteiger charge is -2.45. The van der Waals surface area contributed by atoms with Crippen LogP contribution in [0, 0.1) is 0 Å². The average Bonchev–Trinajstić information content (AvgIpc) is 3.18. The fourth-order valence-corrected chi connectivity index (χ4v) is 6.27. The van der Waals surface area contributed by atoms with Crippen LogP contribution in [0.15, 0.2) is 164 Å². The number of rotatable bonds is 15. The van der Waals surface area contributed by atoms with Crippen molar-refractivity contribution in [3.8, 4) is 5.75 Å². The summed E-state index contributed by atoms with van der Waals surface area (Å²) in [5, 5.41) is 2.06. The van der Waals surface area contributed by atoms with Gasteiger partial charge in [0.1, 0.15) is 30.2 Å². The largest absolute Gasteiger partial charge is 0.461 e. The molecule has 0 aromatic heterocycles. The highest BCUT2D eigenvalue weighted by Crippen LogP contribution is 2.34. The van der Waals surface area contributed by atoms with Gasteiger partial charge in [0.2, 0.25) is 6.29 Å². The molecule has 0 bridgehead atoms. The SMILES string of the molecule is c1ccc(COCC2O[C@@H](Oc3cccc4ccccc34)C(OCc3ccccc3)C(OCc3ccccc3)[C@H]2OCc2ccccc2)cc1. The highest BCUT2D eigenvalue weighted by molar-refractivity contribution is 5.88. The van der Waals surface area contributed by atoms with Crippen LogP contribution >= 0.6 is 0 Å². The second-order valence-electron chi connectivity index (χ2n) is 12.4. The molecule has 1 fully saturated rings. The fraction of sp³-hybridized carbons (Fsp3) is 0.227. The second kappa shape index (κ2) is 17.2. The van der Waals surface area contributed by atoms with E-state index in [9.17, 15) is 0 Å². The van der Waals surface area contributed by atoms with E-state index in [0.29, 0.717) is 32.2 Å². The molecule has 1 saturated heterocycles. The Balaban J connectivity index is 1.24. The maximum Gasteiger partial charge on any atom is 0.229 e. The normalized spacial score (nSPS) is 20.4. The van der Waals surface area contributed by atoms with E-state index in [1.807, 2.05) is 109 Å². The van der Waals surface area contributed by atoms with Crippen LogP contribution in [0.5, 0.6) is 5.75 Å². The van der Waals surface area contributed by atoms with Crippen LogP contribution in [-0.4, -0.2) is 37.3 Å². The molecular weight excluding hydrogens is 624 g/mol. The Kier molecular flexibility index (Phi) is 11.6. The molecule has 3 unspecified atom stereocenters. The van der Waals surface area contributed by atoms with Crippen LogP contribution in [0.1, 0.15) is 22.3 Å². The van der Waals surface area contributed by atoms with Crippen molar-refractivity contribution in [2.24, 2.45) is 0 Å². The van der Waals surface area contributed by atoms with E-state index in [-0.39, 0.29) is 6.61 Å². The van der Waals surface area contributed by atoms with Gasteiger partial charge in [0.05, 0.1) is 33.0 Å². The third kappa shape index (κ3) is 8.85. The van der Waals surface area contributed by atoms with Gasteiger partial charge in [0, 0.05) is 5.39 Å². The minimum absolute atomic E-state index is 0.264. The molecule has 0 N–H and O–H groups in total. The Morgan fingerprint density at radius 1 is 0.420 bits per heavy atom. The molecule has 0 radical (unpaired) electrons. The van der Waals surface area contributed by atoms with Crippen LogP contribution < -0.4 is 4.74 Å². The molecule has 1 aliphatic rings. The molecule has 50 heavy (non-hydrogen) atoms. The molecule has 7 rings (SSSR count). The summed E-state index contributed by atoms with van der Waals surface area (Å²) in [4.78, 5) is 0. The van der Waals surface area contributed by atoms with E-state index in [1.54, 1.807) is 0 Å². The lowest BCUT2D eigenvalue weighted by atomic mass is 9.97. The molecule has 5 atom stereocenters. The van der Waals surface area contributed by atoms with E-state index in [2.05, 4.69) is 54.6 Å².